The zero-order valence-electron chi connectivity index (χ0n) is 11.4. The highest BCUT2D eigenvalue weighted by Crippen LogP contribution is 2.16. The Hall–Kier alpha value is -0.500. The van der Waals surface area contributed by atoms with Gasteiger partial charge in [0.2, 0.25) is 0 Å². The second kappa shape index (κ2) is 10.4. The molecule has 0 aromatic rings. The largest absolute Gasteiger partial charge is 0.295 e. The van der Waals surface area contributed by atoms with Crippen molar-refractivity contribution in [2.75, 3.05) is 5.75 Å². The van der Waals surface area contributed by atoms with Crippen molar-refractivity contribution in [1.29, 1.82) is 0 Å². The standard InChI is InChI=1S/C16H26OS/c17-16(15-11-8-9-12-15)13-7-5-3-1-2-4-6-10-14-18/h8-9,11,18H,1-7,10,12-14H2. The summed E-state index contributed by atoms with van der Waals surface area (Å²) in [5.74, 6) is 1.38. The average molecular weight is 266 g/mol. The topological polar surface area (TPSA) is 17.1 Å². The molecule has 1 aliphatic carbocycles. The van der Waals surface area contributed by atoms with Crippen LogP contribution in [0.3, 0.4) is 0 Å². The molecule has 0 radical (unpaired) electrons. The molecule has 0 aromatic heterocycles. The molecule has 0 bridgehead atoms. The van der Waals surface area contributed by atoms with Crippen LogP contribution in [0.5, 0.6) is 0 Å². The van der Waals surface area contributed by atoms with Crippen LogP contribution in [0, 0.1) is 0 Å². The molecule has 0 N–H and O–H groups in total. The summed E-state index contributed by atoms with van der Waals surface area (Å²) < 4.78 is 0. The molecule has 0 aromatic carbocycles. The maximum absolute atomic E-state index is 11.7. The zero-order chi connectivity index (χ0) is 13.1. The number of hydrogen-bond acceptors (Lipinski definition) is 2. The predicted octanol–water partition coefficient (Wildman–Crippen LogP) is 4.88. The SMILES string of the molecule is O=C(CCCCCCCCCCS)C1=CC=CC1. The smallest absolute Gasteiger partial charge is 0.159 e. The van der Waals surface area contributed by atoms with Crippen molar-refractivity contribution in [3.8, 4) is 0 Å². The van der Waals surface area contributed by atoms with Gasteiger partial charge in [-0.25, -0.2) is 0 Å². The van der Waals surface area contributed by atoms with Crippen LogP contribution >= 0.6 is 12.6 Å². The number of hydrogen-bond donors (Lipinski definition) is 1. The van der Waals surface area contributed by atoms with Crippen LogP contribution in [0.25, 0.3) is 0 Å². The van der Waals surface area contributed by atoms with E-state index in [1.807, 2.05) is 12.2 Å². The van der Waals surface area contributed by atoms with Gasteiger partial charge in [-0.15, -0.1) is 0 Å². The first-order valence-corrected chi connectivity index (χ1v) is 7.97. The minimum absolute atomic E-state index is 0.355. The van der Waals surface area contributed by atoms with E-state index < -0.39 is 0 Å². The van der Waals surface area contributed by atoms with Crippen molar-refractivity contribution < 1.29 is 4.79 Å². The lowest BCUT2D eigenvalue weighted by molar-refractivity contribution is -0.115. The number of allylic oxidation sites excluding steroid dienone is 4. The van der Waals surface area contributed by atoms with Gasteiger partial charge < -0.3 is 0 Å². The molecule has 0 amide bonds. The first-order valence-electron chi connectivity index (χ1n) is 7.34. The Kier molecular flexibility index (Phi) is 9.01. The van der Waals surface area contributed by atoms with Gasteiger partial charge in [-0.1, -0.05) is 56.8 Å². The quantitative estimate of drug-likeness (QED) is 0.416. The Morgan fingerprint density at radius 2 is 1.61 bits per heavy atom. The van der Waals surface area contributed by atoms with Crippen LogP contribution in [0.15, 0.2) is 23.8 Å². The van der Waals surface area contributed by atoms with Gasteiger partial charge in [0.1, 0.15) is 0 Å². The van der Waals surface area contributed by atoms with Crippen molar-refractivity contribution >= 4 is 18.4 Å². The lowest BCUT2D eigenvalue weighted by Crippen LogP contribution is -2.00. The van der Waals surface area contributed by atoms with Crippen molar-refractivity contribution in [2.24, 2.45) is 0 Å². The van der Waals surface area contributed by atoms with Gasteiger partial charge in [-0.05, 0) is 30.6 Å². The van der Waals surface area contributed by atoms with Gasteiger partial charge in [0, 0.05) is 6.42 Å². The molecule has 1 nitrogen and oxygen atoms in total. The van der Waals surface area contributed by atoms with Crippen molar-refractivity contribution in [2.45, 2.75) is 64.2 Å². The molecule has 0 saturated heterocycles. The van der Waals surface area contributed by atoms with Crippen molar-refractivity contribution in [3.63, 3.8) is 0 Å². The van der Waals surface area contributed by atoms with Crippen LogP contribution in [0.2, 0.25) is 0 Å². The summed E-state index contributed by atoms with van der Waals surface area (Å²) in [7, 11) is 0. The fourth-order valence-corrected chi connectivity index (χ4v) is 2.50. The summed E-state index contributed by atoms with van der Waals surface area (Å²) in [4.78, 5) is 11.7. The molecule has 0 spiro atoms. The number of Topliss-reactive ketones (excluding diaryl/α,β-unsaturated/α-hetero) is 1. The Morgan fingerprint density at radius 1 is 1.00 bits per heavy atom. The number of thiol groups is 1. The van der Waals surface area contributed by atoms with Gasteiger partial charge in [-0.3, -0.25) is 4.79 Å². The Labute approximate surface area is 117 Å². The van der Waals surface area contributed by atoms with Crippen LogP contribution in [-0.2, 0) is 4.79 Å². The van der Waals surface area contributed by atoms with Gasteiger partial charge in [0.25, 0.3) is 0 Å². The minimum atomic E-state index is 0.355. The Morgan fingerprint density at radius 3 is 2.17 bits per heavy atom. The lowest BCUT2D eigenvalue weighted by Gasteiger charge is -2.02. The normalized spacial score (nSPS) is 13.9. The summed E-state index contributed by atoms with van der Waals surface area (Å²) in [6.07, 6.45) is 17.7. The molecule has 0 unspecified atom stereocenters. The van der Waals surface area contributed by atoms with E-state index in [4.69, 9.17) is 0 Å². The lowest BCUT2D eigenvalue weighted by atomic mass is 10.0. The highest BCUT2D eigenvalue weighted by molar-refractivity contribution is 7.80. The van der Waals surface area contributed by atoms with E-state index in [2.05, 4.69) is 18.7 Å². The summed E-state index contributed by atoms with van der Waals surface area (Å²) in [6.45, 7) is 0. The number of ketones is 1. The van der Waals surface area contributed by atoms with Crippen molar-refractivity contribution in [3.05, 3.63) is 23.8 Å². The third-order valence-electron chi connectivity index (χ3n) is 3.44. The number of rotatable bonds is 11. The van der Waals surface area contributed by atoms with E-state index in [0.717, 1.165) is 30.6 Å². The molecular weight excluding hydrogens is 240 g/mol. The van der Waals surface area contributed by atoms with Crippen LogP contribution in [-0.4, -0.2) is 11.5 Å². The summed E-state index contributed by atoms with van der Waals surface area (Å²) >= 11 is 4.21. The molecule has 1 rings (SSSR count). The van der Waals surface area contributed by atoms with Crippen LogP contribution in [0.1, 0.15) is 64.2 Å². The first-order chi connectivity index (χ1) is 8.84. The van der Waals surface area contributed by atoms with E-state index in [-0.39, 0.29) is 0 Å². The first kappa shape index (κ1) is 15.6. The van der Waals surface area contributed by atoms with Gasteiger partial charge in [0.15, 0.2) is 5.78 Å². The Bertz CT molecular complexity index is 291. The van der Waals surface area contributed by atoms with E-state index in [1.165, 1.54) is 44.9 Å². The summed E-state index contributed by atoms with van der Waals surface area (Å²) in [6, 6.07) is 0. The van der Waals surface area contributed by atoms with Gasteiger partial charge in [0.05, 0.1) is 0 Å². The molecule has 0 aliphatic heterocycles. The molecule has 1 aliphatic rings. The Balaban J connectivity index is 1.85. The molecular formula is C16H26OS. The van der Waals surface area contributed by atoms with E-state index in [9.17, 15) is 4.79 Å². The summed E-state index contributed by atoms with van der Waals surface area (Å²) in [5, 5.41) is 0. The fraction of sp³-hybridized carbons (Fsp3) is 0.688. The molecule has 0 heterocycles. The highest BCUT2D eigenvalue weighted by atomic mass is 32.1. The highest BCUT2D eigenvalue weighted by Gasteiger charge is 2.09. The molecule has 2 heteroatoms. The van der Waals surface area contributed by atoms with E-state index in [1.54, 1.807) is 0 Å². The zero-order valence-corrected chi connectivity index (χ0v) is 12.3. The maximum Gasteiger partial charge on any atom is 0.159 e. The number of unbranched alkanes of at least 4 members (excludes halogenated alkanes) is 7. The fourth-order valence-electron chi connectivity index (χ4n) is 2.27. The minimum Gasteiger partial charge on any atom is -0.295 e. The molecule has 102 valence electrons. The predicted molar refractivity (Wildman–Crippen MR) is 82.3 cm³/mol. The molecule has 0 atom stereocenters. The van der Waals surface area contributed by atoms with Crippen LogP contribution in [0.4, 0.5) is 0 Å². The van der Waals surface area contributed by atoms with Gasteiger partial charge >= 0.3 is 0 Å². The number of carbonyl (C=O) groups excluding carboxylic acids is 1. The molecule has 0 fully saturated rings. The number of carbonyl (C=O) groups is 1. The van der Waals surface area contributed by atoms with Gasteiger partial charge in [-0.2, -0.15) is 12.6 Å². The summed E-state index contributed by atoms with van der Waals surface area (Å²) in [5.41, 5.74) is 1.00. The third-order valence-corrected chi connectivity index (χ3v) is 3.76. The average Bonchev–Trinajstić information content (AvgIpc) is 2.90. The monoisotopic (exact) mass is 266 g/mol. The van der Waals surface area contributed by atoms with E-state index in [0.29, 0.717) is 5.78 Å². The maximum atomic E-state index is 11.7. The van der Waals surface area contributed by atoms with Crippen molar-refractivity contribution in [1.82, 2.24) is 0 Å². The second-order valence-corrected chi connectivity index (χ2v) is 5.50. The molecule has 18 heavy (non-hydrogen) atoms. The van der Waals surface area contributed by atoms with Crippen LogP contribution < -0.4 is 0 Å². The molecule has 0 saturated carbocycles. The second-order valence-electron chi connectivity index (χ2n) is 5.05. The third kappa shape index (κ3) is 7.05. The van der Waals surface area contributed by atoms with E-state index >= 15 is 0 Å².